The van der Waals surface area contributed by atoms with E-state index in [4.69, 9.17) is 0 Å². The zero-order chi connectivity index (χ0) is 17.4. The third-order valence-electron chi connectivity index (χ3n) is 6.95. The molecule has 134 valence electrons. The molecular weight excluding hydrogens is 320 g/mol. The molecule has 2 fully saturated rings. The Labute approximate surface area is 154 Å². The van der Waals surface area contributed by atoms with Gasteiger partial charge in [-0.3, -0.25) is 0 Å². The number of aryl methyl sites for hydroxylation is 1. The average molecular weight is 353 g/mol. The van der Waals surface area contributed by atoms with Crippen LogP contribution in [0.25, 0.3) is 5.57 Å². The van der Waals surface area contributed by atoms with Crippen LogP contribution in [-0.2, 0) is 0 Å². The largest absolute Gasteiger partial charge is 0.321 e. The topological polar surface area (TPSA) is 15.3 Å². The number of allylic oxidation sites excluding steroid dienone is 4. The molecule has 1 aromatic carbocycles. The molecule has 0 radical (unpaired) electrons. The molecule has 1 saturated carbocycles. The second kappa shape index (κ2) is 6.86. The van der Waals surface area contributed by atoms with E-state index in [1.807, 2.05) is 0 Å². The quantitative estimate of drug-likeness (QED) is 0.808. The summed E-state index contributed by atoms with van der Waals surface area (Å²) >= 11 is 0. The molecule has 1 saturated heterocycles. The van der Waals surface area contributed by atoms with E-state index in [1.165, 1.54) is 50.1 Å². The van der Waals surface area contributed by atoms with Crippen LogP contribution in [0.2, 0.25) is 18.6 Å². The number of hydrogen-bond acceptors (Lipinski definition) is 2. The number of fused-ring (bicyclic) bond motifs is 1. The minimum absolute atomic E-state index is 0.729. The Hall–Kier alpha value is -1.16. The molecule has 3 heteroatoms. The van der Waals surface area contributed by atoms with Crippen LogP contribution in [-0.4, -0.2) is 39.0 Å². The maximum atomic E-state index is 3.52. The Morgan fingerprint density at radius 3 is 2.48 bits per heavy atom. The van der Waals surface area contributed by atoms with Gasteiger partial charge in [0, 0.05) is 26.2 Å². The number of nitrogens with zero attached hydrogens (tertiary/aromatic N) is 1. The van der Waals surface area contributed by atoms with Crippen LogP contribution in [0, 0.1) is 18.8 Å². The zero-order valence-electron chi connectivity index (χ0n) is 16.0. The van der Waals surface area contributed by atoms with Crippen LogP contribution in [0.1, 0.15) is 24.0 Å². The zero-order valence-corrected chi connectivity index (χ0v) is 17.0. The number of piperazine rings is 1. The van der Waals surface area contributed by atoms with Gasteiger partial charge >= 0.3 is 0 Å². The van der Waals surface area contributed by atoms with Gasteiger partial charge in [-0.2, -0.15) is 0 Å². The summed E-state index contributed by atoms with van der Waals surface area (Å²) in [6, 6.07) is 9.16. The summed E-state index contributed by atoms with van der Waals surface area (Å²) in [5, 5.41) is 3.52. The number of benzene rings is 1. The molecule has 1 aliphatic heterocycles. The fourth-order valence-corrected chi connectivity index (χ4v) is 9.43. The van der Waals surface area contributed by atoms with E-state index in [1.54, 1.807) is 5.57 Å². The lowest BCUT2D eigenvalue weighted by molar-refractivity contribution is 0.347. The lowest BCUT2D eigenvalue weighted by atomic mass is 9.81. The van der Waals surface area contributed by atoms with Crippen molar-refractivity contribution in [3.05, 3.63) is 53.6 Å². The first-order chi connectivity index (χ1) is 12.1. The highest BCUT2D eigenvalue weighted by atomic mass is 28.3. The van der Waals surface area contributed by atoms with Crippen LogP contribution in [0.3, 0.4) is 0 Å². The highest BCUT2D eigenvalue weighted by Gasteiger charge is 2.48. The summed E-state index contributed by atoms with van der Waals surface area (Å²) < 4.78 is 2.87. The van der Waals surface area contributed by atoms with Gasteiger partial charge in [0.1, 0.15) is 8.24 Å². The van der Waals surface area contributed by atoms with Gasteiger partial charge in [0.2, 0.25) is 0 Å². The summed E-state index contributed by atoms with van der Waals surface area (Å²) in [7, 11) is -1.40. The molecule has 1 aromatic rings. The van der Waals surface area contributed by atoms with Gasteiger partial charge in [-0.1, -0.05) is 67.6 Å². The van der Waals surface area contributed by atoms with E-state index in [0.29, 0.717) is 0 Å². The molecule has 4 rings (SSSR count). The Balaban J connectivity index is 1.57. The predicted octanol–water partition coefficient (Wildman–Crippen LogP) is 4.45. The molecule has 0 aromatic heterocycles. The first-order valence-corrected chi connectivity index (χ1v) is 13.0. The smallest absolute Gasteiger partial charge is 0.126 e. The van der Waals surface area contributed by atoms with Crippen molar-refractivity contribution in [3.63, 3.8) is 0 Å². The van der Waals surface area contributed by atoms with E-state index in [-0.39, 0.29) is 0 Å². The van der Waals surface area contributed by atoms with Gasteiger partial charge in [0.05, 0.1) is 0 Å². The second-order valence-corrected chi connectivity index (χ2v) is 13.3. The first-order valence-electron chi connectivity index (χ1n) is 9.98. The SMILES string of the molecule is Cc1ccc(C2=CC=CC3C2CCC3[Si](C)(C)N2CCNCC2)cc1. The monoisotopic (exact) mass is 352 g/mol. The highest BCUT2D eigenvalue weighted by molar-refractivity contribution is 6.76. The molecule has 0 bridgehead atoms. The second-order valence-electron chi connectivity index (χ2n) is 8.63. The maximum absolute atomic E-state index is 3.52. The Bertz CT molecular complexity index is 668. The van der Waals surface area contributed by atoms with Gasteiger partial charge in [-0.15, -0.1) is 0 Å². The van der Waals surface area contributed by atoms with Gasteiger partial charge in [0.25, 0.3) is 0 Å². The number of hydrogen-bond donors (Lipinski definition) is 1. The van der Waals surface area contributed by atoms with Crippen molar-refractivity contribution in [1.29, 1.82) is 0 Å². The Morgan fingerprint density at radius 1 is 1.04 bits per heavy atom. The van der Waals surface area contributed by atoms with Gasteiger partial charge in [-0.25, -0.2) is 0 Å². The molecule has 2 aliphatic carbocycles. The highest BCUT2D eigenvalue weighted by Crippen LogP contribution is 2.54. The summed E-state index contributed by atoms with van der Waals surface area (Å²) in [6.07, 6.45) is 10.0. The van der Waals surface area contributed by atoms with E-state index in [2.05, 4.69) is 72.4 Å². The first kappa shape index (κ1) is 17.3. The minimum atomic E-state index is -1.40. The van der Waals surface area contributed by atoms with Gasteiger partial charge in [-0.05, 0) is 41.9 Å². The summed E-state index contributed by atoms with van der Waals surface area (Å²) in [5.41, 5.74) is 5.26. The third-order valence-corrected chi connectivity index (χ3v) is 11.5. The van der Waals surface area contributed by atoms with Crippen molar-refractivity contribution in [2.45, 2.75) is 38.4 Å². The van der Waals surface area contributed by atoms with E-state index < -0.39 is 8.24 Å². The van der Waals surface area contributed by atoms with Crippen molar-refractivity contribution in [1.82, 2.24) is 9.88 Å². The molecule has 0 spiro atoms. The average Bonchev–Trinajstić information content (AvgIpc) is 3.08. The molecule has 1 N–H and O–H groups in total. The molecule has 0 amide bonds. The van der Waals surface area contributed by atoms with Gasteiger partial charge in [0.15, 0.2) is 0 Å². The standard InChI is InChI=1S/C22H32N2Si/c1-17-7-9-18(10-8-17)19-5-4-6-21-20(19)11-12-22(21)25(2,3)24-15-13-23-14-16-24/h4-10,20-23H,11-16H2,1-3H3. The van der Waals surface area contributed by atoms with Crippen LogP contribution in [0.5, 0.6) is 0 Å². The lowest BCUT2D eigenvalue weighted by Crippen LogP contribution is -2.59. The van der Waals surface area contributed by atoms with Crippen LogP contribution in [0.4, 0.5) is 0 Å². The molecular formula is C22H32N2Si. The predicted molar refractivity (Wildman–Crippen MR) is 110 cm³/mol. The van der Waals surface area contributed by atoms with E-state index in [9.17, 15) is 0 Å². The van der Waals surface area contributed by atoms with Crippen molar-refractivity contribution in [2.24, 2.45) is 11.8 Å². The third kappa shape index (κ3) is 3.18. The Morgan fingerprint density at radius 2 is 1.76 bits per heavy atom. The number of nitrogens with one attached hydrogen (secondary N) is 1. The fraction of sp³-hybridized carbons (Fsp3) is 0.545. The summed E-state index contributed by atoms with van der Waals surface area (Å²) in [5.74, 6) is 1.48. The van der Waals surface area contributed by atoms with Gasteiger partial charge < -0.3 is 9.88 Å². The number of rotatable bonds is 3. The maximum Gasteiger partial charge on any atom is 0.126 e. The molecule has 3 unspecified atom stereocenters. The van der Waals surface area contributed by atoms with Crippen molar-refractivity contribution in [3.8, 4) is 0 Å². The van der Waals surface area contributed by atoms with Crippen molar-refractivity contribution < 1.29 is 0 Å². The Kier molecular flexibility index (Phi) is 4.74. The fourth-order valence-electron chi connectivity index (χ4n) is 5.42. The normalized spacial score (nSPS) is 30.2. The van der Waals surface area contributed by atoms with E-state index in [0.717, 1.165) is 17.4 Å². The molecule has 3 aliphatic rings. The molecule has 1 heterocycles. The molecule has 2 nitrogen and oxygen atoms in total. The summed E-state index contributed by atoms with van der Waals surface area (Å²) in [4.78, 5) is 0. The van der Waals surface area contributed by atoms with Crippen LogP contribution in [0.15, 0.2) is 42.5 Å². The molecule has 3 atom stereocenters. The van der Waals surface area contributed by atoms with Crippen LogP contribution < -0.4 is 5.32 Å². The van der Waals surface area contributed by atoms with Crippen molar-refractivity contribution in [2.75, 3.05) is 26.2 Å². The van der Waals surface area contributed by atoms with Crippen LogP contribution >= 0.6 is 0 Å². The van der Waals surface area contributed by atoms with Crippen molar-refractivity contribution >= 4 is 13.8 Å². The molecule has 25 heavy (non-hydrogen) atoms. The lowest BCUT2D eigenvalue weighted by Gasteiger charge is -2.45. The van der Waals surface area contributed by atoms with E-state index >= 15 is 0 Å². The summed E-state index contributed by atoms with van der Waals surface area (Å²) in [6.45, 7) is 12.3. The minimum Gasteiger partial charge on any atom is -0.321 e.